The molecule has 1 atom stereocenters. The van der Waals surface area contributed by atoms with Gasteiger partial charge in [-0.05, 0) is 63.9 Å². The van der Waals surface area contributed by atoms with E-state index in [1.54, 1.807) is 0 Å². The molecular formula is C22H37N5O. The minimum atomic E-state index is -0.0215. The highest BCUT2D eigenvalue weighted by Gasteiger charge is 2.10. The normalized spacial score (nSPS) is 16.5. The van der Waals surface area contributed by atoms with E-state index in [2.05, 4.69) is 39.7 Å². The molecule has 1 fully saturated rings. The Balaban J connectivity index is 1.88. The summed E-state index contributed by atoms with van der Waals surface area (Å²) in [5.74, 6) is 0.806. The Hall–Kier alpha value is -2.08. The Morgan fingerprint density at radius 1 is 1.18 bits per heavy atom. The van der Waals surface area contributed by atoms with Crippen LogP contribution in [0.25, 0.3) is 0 Å². The molecule has 1 aromatic carbocycles. The molecule has 6 nitrogen and oxygen atoms in total. The summed E-state index contributed by atoms with van der Waals surface area (Å²) < 4.78 is 0. The fourth-order valence-electron chi connectivity index (χ4n) is 3.25. The topological polar surface area (TPSA) is 68.8 Å². The average molecular weight is 388 g/mol. The Bertz CT molecular complexity index is 625. The first-order chi connectivity index (χ1) is 13.6. The molecule has 1 unspecified atom stereocenters. The van der Waals surface area contributed by atoms with Crippen LogP contribution in [-0.4, -0.2) is 55.5 Å². The monoisotopic (exact) mass is 387 g/mol. The van der Waals surface area contributed by atoms with Crippen molar-refractivity contribution in [2.24, 2.45) is 4.99 Å². The van der Waals surface area contributed by atoms with Gasteiger partial charge in [0.15, 0.2) is 5.96 Å². The number of amides is 1. The number of hydrogen-bond donors (Lipinski definition) is 3. The van der Waals surface area contributed by atoms with Crippen LogP contribution in [0.2, 0.25) is 0 Å². The summed E-state index contributed by atoms with van der Waals surface area (Å²) >= 11 is 0. The van der Waals surface area contributed by atoms with Crippen LogP contribution in [0, 0.1) is 0 Å². The molecule has 0 saturated carbocycles. The third-order valence-electron chi connectivity index (χ3n) is 5.11. The number of carbonyl (C=O) groups excluding carboxylic acids is 1. The smallest absolute Gasteiger partial charge is 0.251 e. The fourth-order valence-corrected chi connectivity index (χ4v) is 3.25. The lowest BCUT2D eigenvalue weighted by Crippen LogP contribution is -2.42. The van der Waals surface area contributed by atoms with Crippen molar-refractivity contribution < 1.29 is 4.79 Å². The first kappa shape index (κ1) is 22.2. The average Bonchev–Trinajstić information content (AvgIpc) is 2.73. The second-order valence-electron chi connectivity index (χ2n) is 7.51. The molecular weight excluding hydrogens is 350 g/mol. The lowest BCUT2D eigenvalue weighted by Gasteiger charge is -2.26. The van der Waals surface area contributed by atoms with Crippen molar-refractivity contribution in [1.82, 2.24) is 20.9 Å². The van der Waals surface area contributed by atoms with Gasteiger partial charge in [-0.2, -0.15) is 0 Å². The van der Waals surface area contributed by atoms with E-state index in [9.17, 15) is 4.79 Å². The van der Waals surface area contributed by atoms with E-state index >= 15 is 0 Å². The number of hydrogen-bond acceptors (Lipinski definition) is 3. The molecule has 28 heavy (non-hydrogen) atoms. The highest BCUT2D eigenvalue weighted by atomic mass is 16.1. The third-order valence-corrected chi connectivity index (χ3v) is 5.11. The number of carbonyl (C=O) groups is 1. The predicted molar refractivity (Wildman–Crippen MR) is 117 cm³/mol. The molecule has 156 valence electrons. The van der Waals surface area contributed by atoms with Gasteiger partial charge in [-0.25, -0.2) is 4.99 Å². The number of nitrogens with zero attached hydrogens (tertiary/aromatic N) is 2. The third kappa shape index (κ3) is 7.89. The van der Waals surface area contributed by atoms with E-state index in [1.807, 2.05) is 31.2 Å². The second-order valence-corrected chi connectivity index (χ2v) is 7.51. The number of rotatable bonds is 9. The van der Waals surface area contributed by atoms with E-state index in [-0.39, 0.29) is 11.9 Å². The van der Waals surface area contributed by atoms with Crippen molar-refractivity contribution in [2.45, 2.75) is 59.0 Å². The van der Waals surface area contributed by atoms with Gasteiger partial charge in [-0.15, -0.1) is 0 Å². The van der Waals surface area contributed by atoms with Crippen LogP contribution in [0.15, 0.2) is 29.3 Å². The summed E-state index contributed by atoms with van der Waals surface area (Å²) in [6, 6.07) is 7.90. The Morgan fingerprint density at radius 2 is 1.96 bits per heavy atom. The van der Waals surface area contributed by atoms with Gasteiger partial charge < -0.3 is 20.9 Å². The molecule has 0 aromatic heterocycles. The predicted octanol–water partition coefficient (Wildman–Crippen LogP) is 2.76. The summed E-state index contributed by atoms with van der Waals surface area (Å²) in [5.41, 5.74) is 1.72. The van der Waals surface area contributed by atoms with Crippen LogP contribution in [0.1, 0.15) is 62.4 Å². The fraction of sp³-hybridized carbons (Fsp3) is 0.636. The first-order valence-corrected chi connectivity index (χ1v) is 10.8. The van der Waals surface area contributed by atoms with Crippen LogP contribution in [0.3, 0.4) is 0 Å². The van der Waals surface area contributed by atoms with Gasteiger partial charge in [0, 0.05) is 31.2 Å². The molecule has 1 aromatic rings. The zero-order valence-corrected chi connectivity index (χ0v) is 17.8. The highest BCUT2D eigenvalue weighted by Crippen LogP contribution is 2.08. The molecule has 1 aliphatic heterocycles. The largest absolute Gasteiger partial charge is 0.357 e. The quantitative estimate of drug-likeness (QED) is 0.450. The van der Waals surface area contributed by atoms with E-state index in [4.69, 9.17) is 0 Å². The molecule has 1 aliphatic rings. The molecule has 1 heterocycles. The van der Waals surface area contributed by atoms with E-state index < -0.39 is 0 Å². The van der Waals surface area contributed by atoms with Crippen LogP contribution in [0.4, 0.5) is 0 Å². The maximum Gasteiger partial charge on any atom is 0.251 e. The number of guanidine groups is 1. The van der Waals surface area contributed by atoms with Crippen LogP contribution in [-0.2, 0) is 6.54 Å². The Kier molecular flexibility index (Phi) is 9.83. The van der Waals surface area contributed by atoms with E-state index in [0.29, 0.717) is 12.1 Å². The minimum absolute atomic E-state index is 0.0215. The van der Waals surface area contributed by atoms with Gasteiger partial charge in [-0.1, -0.05) is 25.5 Å². The van der Waals surface area contributed by atoms with Gasteiger partial charge in [0.25, 0.3) is 5.91 Å². The van der Waals surface area contributed by atoms with E-state index in [1.165, 1.54) is 32.4 Å². The molecule has 1 amide bonds. The van der Waals surface area contributed by atoms with Crippen molar-refractivity contribution in [2.75, 3.05) is 32.7 Å². The van der Waals surface area contributed by atoms with Crippen molar-refractivity contribution in [3.05, 3.63) is 35.4 Å². The molecule has 6 heteroatoms. The number of aliphatic imine (C=N–C) groups is 1. The van der Waals surface area contributed by atoms with Crippen LogP contribution < -0.4 is 16.0 Å². The van der Waals surface area contributed by atoms with Gasteiger partial charge >= 0.3 is 0 Å². The Labute approximate surface area is 170 Å². The van der Waals surface area contributed by atoms with Crippen molar-refractivity contribution in [3.63, 3.8) is 0 Å². The number of piperidine rings is 1. The summed E-state index contributed by atoms with van der Waals surface area (Å²) in [6.45, 7) is 11.9. The van der Waals surface area contributed by atoms with Gasteiger partial charge in [0.1, 0.15) is 0 Å². The Morgan fingerprint density at radius 3 is 2.68 bits per heavy atom. The SMILES string of the molecule is CCNC(=NCc1cccc(C(=O)NC(C)CC)c1)NCCN1CCCCC1. The number of likely N-dealkylation sites (tertiary alicyclic amines) is 1. The van der Waals surface area contributed by atoms with Crippen LogP contribution >= 0.6 is 0 Å². The molecule has 1 saturated heterocycles. The highest BCUT2D eigenvalue weighted by molar-refractivity contribution is 5.94. The van der Waals surface area contributed by atoms with Gasteiger partial charge in [0.05, 0.1) is 6.54 Å². The molecule has 0 aliphatic carbocycles. The standard InChI is InChI=1S/C22H37N5O/c1-4-18(3)26-21(28)20-11-9-10-19(16-20)17-25-22(23-5-2)24-12-15-27-13-7-6-8-14-27/h9-11,16,18H,4-8,12-15,17H2,1-3H3,(H,26,28)(H2,23,24,25). The zero-order valence-electron chi connectivity index (χ0n) is 17.8. The van der Waals surface area contributed by atoms with Gasteiger partial charge in [0.2, 0.25) is 0 Å². The zero-order chi connectivity index (χ0) is 20.2. The summed E-state index contributed by atoms with van der Waals surface area (Å²) in [7, 11) is 0. The molecule has 0 bridgehead atoms. The van der Waals surface area contributed by atoms with Crippen molar-refractivity contribution in [3.8, 4) is 0 Å². The van der Waals surface area contributed by atoms with Crippen molar-refractivity contribution >= 4 is 11.9 Å². The van der Waals surface area contributed by atoms with Crippen LogP contribution in [0.5, 0.6) is 0 Å². The molecule has 0 spiro atoms. The number of benzene rings is 1. The lowest BCUT2D eigenvalue weighted by atomic mass is 10.1. The van der Waals surface area contributed by atoms with E-state index in [0.717, 1.165) is 37.6 Å². The molecule has 2 rings (SSSR count). The lowest BCUT2D eigenvalue weighted by molar-refractivity contribution is 0.0939. The summed E-state index contributed by atoms with van der Waals surface area (Å²) in [4.78, 5) is 19.5. The first-order valence-electron chi connectivity index (χ1n) is 10.8. The summed E-state index contributed by atoms with van der Waals surface area (Å²) in [5, 5.41) is 9.74. The van der Waals surface area contributed by atoms with Gasteiger partial charge in [-0.3, -0.25) is 4.79 Å². The molecule has 0 radical (unpaired) electrons. The second kappa shape index (κ2) is 12.4. The van der Waals surface area contributed by atoms with Crippen molar-refractivity contribution in [1.29, 1.82) is 0 Å². The summed E-state index contributed by atoms with van der Waals surface area (Å²) in [6.07, 6.45) is 4.91. The molecule has 3 N–H and O–H groups in total. The maximum atomic E-state index is 12.3. The minimum Gasteiger partial charge on any atom is -0.357 e. The maximum absolute atomic E-state index is 12.3. The number of nitrogens with one attached hydrogen (secondary N) is 3.